The van der Waals surface area contributed by atoms with Crippen LogP contribution in [0.15, 0.2) is 170 Å². The van der Waals surface area contributed by atoms with Crippen molar-refractivity contribution in [1.29, 1.82) is 0 Å². The molecule has 0 unspecified atom stereocenters. The number of para-hydroxylation sites is 4. The number of hydrogen-bond acceptors (Lipinski definition) is 1. The minimum absolute atomic E-state index is 0.964. The van der Waals surface area contributed by atoms with Gasteiger partial charge in [0.05, 0.1) is 22.1 Å². The molecule has 0 bridgehead atoms. The number of hydrogen-bond donors (Lipinski definition) is 0. The summed E-state index contributed by atoms with van der Waals surface area (Å²) >= 11 is 0. The Morgan fingerprint density at radius 3 is 1.69 bits per heavy atom. The highest BCUT2D eigenvalue weighted by molar-refractivity contribution is 6.21. The van der Waals surface area contributed by atoms with E-state index in [0.29, 0.717) is 0 Å². The van der Waals surface area contributed by atoms with Crippen LogP contribution in [0.3, 0.4) is 0 Å². The van der Waals surface area contributed by atoms with Gasteiger partial charge in [0.15, 0.2) is 5.65 Å². The van der Waals surface area contributed by atoms with Crippen molar-refractivity contribution in [2.45, 2.75) is 0 Å². The maximum atomic E-state index is 5.44. The number of pyridine rings is 1. The fourth-order valence-corrected chi connectivity index (χ4v) is 8.18. The number of nitrogens with zero attached hydrogens (tertiary/aromatic N) is 4. The Hall–Kier alpha value is -6.65. The van der Waals surface area contributed by atoms with Gasteiger partial charge in [0.1, 0.15) is 11.2 Å². The van der Waals surface area contributed by atoms with Gasteiger partial charge in [-0.1, -0.05) is 115 Å². The van der Waals surface area contributed by atoms with Crippen molar-refractivity contribution in [3.05, 3.63) is 170 Å². The van der Waals surface area contributed by atoms with Gasteiger partial charge in [-0.25, -0.2) is 4.98 Å². The number of benzene rings is 7. The van der Waals surface area contributed by atoms with E-state index in [1.807, 2.05) is 0 Å². The molecule has 7 aromatic carbocycles. The lowest BCUT2D eigenvalue weighted by atomic mass is 9.95. The zero-order chi connectivity index (χ0) is 32.1. The summed E-state index contributed by atoms with van der Waals surface area (Å²) in [5, 5.41) is 7.26. The van der Waals surface area contributed by atoms with Gasteiger partial charge in [-0.3, -0.25) is 8.97 Å². The van der Waals surface area contributed by atoms with Crippen molar-refractivity contribution in [2.24, 2.45) is 0 Å². The number of imidazole rings is 1. The van der Waals surface area contributed by atoms with Gasteiger partial charge in [-0.2, -0.15) is 0 Å². The normalized spacial score (nSPS) is 12.1. The molecule has 0 fully saturated rings. The summed E-state index contributed by atoms with van der Waals surface area (Å²) in [6.45, 7) is 0. The minimum atomic E-state index is 0.964. The summed E-state index contributed by atoms with van der Waals surface area (Å²) in [6, 6.07) is 61.1. The van der Waals surface area contributed by atoms with Crippen molar-refractivity contribution in [1.82, 2.24) is 18.5 Å². The lowest BCUT2D eigenvalue weighted by Gasteiger charge is -2.14. The van der Waals surface area contributed by atoms with Crippen LogP contribution in [0, 0.1) is 0 Å². The monoisotopic (exact) mass is 624 g/mol. The molecule has 0 spiro atoms. The Balaban J connectivity index is 1.27. The third-order valence-corrected chi connectivity index (χ3v) is 10.2. The zero-order valence-corrected chi connectivity index (χ0v) is 26.5. The van der Waals surface area contributed by atoms with Crippen LogP contribution in [0.2, 0.25) is 0 Å². The van der Waals surface area contributed by atoms with Crippen molar-refractivity contribution < 1.29 is 0 Å². The van der Waals surface area contributed by atoms with Crippen molar-refractivity contribution in [3.63, 3.8) is 0 Å². The van der Waals surface area contributed by atoms with E-state index >= 15 is 0 Å². The lowest BCUT2D eigenvalue weighted by Crippen LogP contribution is -1.95. The van der Waals surface area contributed by atoms with Gasteiger partial charge in [-0.05, 0) is 71.1 Å². The van der Waals surface area contributed by atoms with Crippen LogP contribution < -0.4 is 0 Å². The Bertz CT molecular complexity index is 3090. The van der Waals surface area contributed by atoms with E-state index in [2.05, 4.69) is 183 Å². The van der Waals surface area contributed by atoms with Crippen LogP contribution in [0.25, 0.3) is 93.7 Å². The number of aromatic nitrogens is 4. The van der Waals surface area contributed by atoms with Gasteiger partial charge < -0.3 is 4.57 Å². The van der Waals surface area contributed by atoms with E-state index in [1.54, 1.807) is 0 Å². The molecule has 0 aliphatic rings. The average Bonchev–Trinajstić information content (AvgIpc) is 3.82. The highest BCUT2D eigenvalue weighted by atomic mass is 15.1. The van der Waals surface area contributed by atoms with E-state index < -0.39 is 0 Å². The Labute approximate surface area is 281 Å². The second-order valence-corrected chi connectivity index (χ2v) is 12.8. The molecule has 0 aliphatic heterocycles. The molecule has 0 saturated carbocycles. The molecule has 228 valence electrons. The second-order valence-electron chi connectivity index (χ2n) is 12.8. The quantitative estimate of drug-likeness (QED) is 0.180. The molecular weight excluding hydrogens is 597 g/mol. The van der Waals surface area contributed by atoms with Crippen LogP contribution in [0.5, 0.6) is 0 Å². The fraction of sp³-hybridized carbons (Fsp3) is 0. The topological polar surface area (TPSA) is 27.2 Å². The molecule has 0 N–H and O–H groups in total. The van der Waals surface area contributed by atoms with Crippen LogP contribution in [-0.2, 0) is 0 Å². The highest BCUT2D eigenvalue weighted by Gasteiger charge is 2.22. The summed E-state index contributed by atoms with van der Waals surface area (Å²) in [7, 11) is 0. The summed E-state index contributed by atoms with van der Waals surface area (Å²) in [6.07, 6.45) is 0. The summed E-state index contributed by atoms with van der Waals surface area (Å²) < 4.78 is 7.08. The van der Waals surface area contributed by atoms with Crippen LogP contribution in [0.1, 0.15) is 0 Å². The van der Waals surface area contributed by atoms with E-state index in [-0.39, 0.29) is 0 Å². The first-order chi connectivity index (χ1) is 24.3. The zero-order valence-electron chi connectivity index (χ0n) is 26.5. The maximum absolute atomic E-state index is 5.44. The third kappa shape index (κ3) is 3.60. The molecule has 4 aromatic heterocycles. The second kappa shape index (κ2) is 9.93. The van der Waals surface area contributed by atoms with Gasteiger partial charge in [0.25, 0.3) is 0 Å². The Morgan fingerprint density at radius 2 is 0.939 bits per heavy atom. The molecule has 0 atom stereocenters. The lowest BCUT2D eigenvalue weighted by molar-refractivity contribution is 1.15. The average molecular weight is 625 g/mol. The molecule has 4 heterocycles. The van der Waals surface area contributed by atoms with Crippen LogP contribution in [-0.4, -0.2) is 18.5 Å². The molecule has 0 aliphatic carbocycles. The molecule has 0 radical (unpaired) electrons. The first-order valence-electron chi connectivity index (χ1n) is 16.7. The predicted octanol–water partition coefficient (Wildman–Crippen LogP) is 11.5. The van der Waals surface area contributed by atoms with Gasteiger partial charge >= 0.3 is 0 Å². The fourth-order valence-electron chi connectivity index (χ4n) is 8.18. The van der Waals surface area contributed by atoms with Gasteiger partial charge in [0, 0.05) is 38.3 Å². The standard InChI is InChI=1S/C45H28N4/c1-3-14-30(15-4-1)47-38-23-11-9-18-33(38)37-28-29(26-27-40(37)47)32-22-13-25-41-42(32)34-19-7-8-20-35(34)44-46-45-43(49(41)44)36-21-10-12-24-39(36)48(45)31-16-5-2-6-17-31/h1-28H. The molecule has 4 heteroatoms. The SMILES string of the molecule is c1ccc(-n2c3ccccc3c3cc(-c4cccc5c4c4ccccc4c4nc6c(c7ccccc7n6-c6ccccc6)n54)ccc32)cc1. The predicted molar refractivity (Wildman–Crippen MR) is 204 cm³/mol. The maximum Gasteiger partial charge on any atom is 0.165 e. The smallest absolute Gasteiger partial charge is 0.165 e. The Morgan fingerprint density at radius 1 is 0.367 bits per heavy atom. The van der Waals surface area contributed by atoms with E-state index in [1.165, 1.54) is 54.8 Å². The van der Waals surface area contributed by atoms with Gasteiger partial charge in [-0.15, -0.1) is 0 Å². The van der Waals surface area contributed by atoms with Crippen molar-refractivity contribution >= 4 is 71.2 Å². The van der Waals surface area contributed by atoms with E-state index in [4.69, 9.17) is 4.98 Å². The van der Waals surface area contributed by atoms with E-state index in [0.717, 1.165) is 38.9 Å². The van der Waals surface area contributed by atoms with Crippen LogP contribution >= 0.6 is 0 Å². The van der Waals surface area contributed by atoms with Crippen molar-refractivity contribution in [3.8, 4) is 22.5 Å². The number of fused-ring (bicyclic) bond motifs is 13. The number of rotatable bonds is 3. The molecule has 0 saturated heterocycles. The third-order valence-electron chi connectivity index (χ3n) is 10.2. The summed E-state index contributed by atoms with van der Waals surface area (Å²) in [5.41, 5.74) is 12.5. The van der Waals surface area contributed by atoms with Crippen molar-refractivity contribution in [2.75, 3.05) is 0 Å². The largest absolute Gasteiger partial charge is 0.309 e. The summed E-state index contributed by atoms with van der Waals surface area (Å²) in [4.78, 5) is 5.44. The highest BCUT2D eigenvalue weighted by Crippen LogP contribution is 2.42. The van der Waals surface area contributed by atoms with Gasteiger partial charge in [0.2, 0.25) is 0 Å². The Kier molecular flexibility index (Phi) is 5.35. The molecule has 49 heavy (non-hydrogen) atoms. The molecule has 11 aromatic rings. The summed E-state index contributed by atoms with van der Waals surface area (Å²) in [5.74, 6) is 0. The first-order valence-corrected chi connectivity index (χ1v) is 16.7. The minimum Gasteiger partial charge on any atom is -0.309 e. The molecule has 0 amide bonds. The molecule has 4 nitrogen and oxygen atoms in total. The van der Waals surface area contributed by atoms with E-state index in [9.17, 15) is 0 Å². The first kappa shape index (κ1) is 26.4. The molecule has 11 rings (SSSR count). The van der Waals surface area contributed by atoms with Crippen LogP contribution in [0.4, 0.5) is 0 Å². The molecular formula is C45H28N4.